The summed E-state index contributed by atoms with van der Waals surface area (Å²) in [6, 6.07) is 5.60. The molecule has 0 saturated carbocycles. The zero-order valence-electron chi connectivity index (χ0n) is 12.7. The van der Waals surface area contributed by atoms with Crippen molar-refractivity contribution >= 4 is 17.3 Å². The van der Waals surface area contributed by atoms with Crippen molar-refractivity contribution in [1.29, 1.82) is 0 Å². The van der Waals surface area contributed by atoms with Gasteiger partial charge in [0.2, 0.25) is 5.91 Å². The predicted octanol–water partition coefficient (Wildman–Crippen LogP) is 2.64. The van der Waals surface area contributed by atoms with Gasteiger partial charge in [0.05, 0.1) is 6.54 Å². The van der Waals surface area contributed by atoms with E-state index in [9.17, 15) is 4.79 Å². The summed E-state index contributed by atoms with van der Waals surface area (Å²) >= 11 is 0. The summed E-state index contributed by atoms with van der Waals surface area (Å²) in [7, 11) is 0. The quantitative estimate of drug-likeness (QED) is 0.834. The van der Waals surface area contributed by atoms with Gasteiger partial charge in [0.25, 0.3) is 0 Å². The van der Waals surface area contributed by atoms with Crippen molar-refractivity contribution in [2.24, 2.45) is 5.41 Å². The van der Waals surface area contributed by atoms with Gasteiger partial charge in [-0.2, -0.15) is 0 Å². The molecule has 0 radical (unpaired) electrons. The predicted molar refractivity (Wildman–Crippen MR) is 83.7 cm³/mol. The number of carbonyl (C=O) groups is 1. The Kier molecular flexibility index (Phi) is 4.33. The van der Waals surface area contributed by atoms with Crippen molar-refractivity contribution < 1.29 is 4.79 Å². The number of hydrogen-bond donors (Lipinski definition) is 2. The molecule has 0 aliphatic carbocycles. The number of nitrogens with zero attached hydrogens (tertiary/aromatic N) is 1. The van der Waals surface area contributed by atoms with Gasteiger partial charge in [-0.15, -0.1) is 0 Å². The number of anilines is 2. The molecule has 0 spiro atoms. The van der Waals surface area contributed by atoms with E-state index in [-0.39, 0.29) is 5.91 Å². The topological polar surface area (TPSA) is 58.4 Å². The fourth-order valence-corrected chi connectivity index (χ4v) is 2.50. The second kappa shape index (κ2) is 5.83. The summed E-state index contributed by atoms with van der Waals surface area (Å²) in [6.45, 7) is 8.96. The summed E-state index contributed by atoms with van der Waals surface area (Å²) in [5.41, 5.74) is 8.72. The van der Waals surface area contributed by atoms with E-state index in [4.69, 9.17) is 5.73 Å². The van der Waals surface area contributed by atoms with Crippen LogP contribution in [0.5, 0.6) is 0 Å². The first kappa shape index (κ1) is 14.9. The van der Waals surface area contributed by atoms with Gasteiger partial charge in [0.15, 0.2) is 0 Å². The minimum Gasteiger partial charge on any atom is -0.398 e. The summed E-state index contributed by atoms with van der Waals surface area (Å²) in [4.78, 5) is 14.3. The van der Waals surface area contributed by atoms with Crippen molar-refractivity contribution in [2.45, 2.75) is 33.6 Å². The third-order valence-corrected chi connectivity index (χ3v) is 4.23. The van der Waals surface area contributed by atoms with E-state index in [0.717, 1.165) is 37.2 Å². The third kappa shape index (κ3) is 3.73. The molecule has 2 rings (SSSR count). The lowest BCUT2D eigenvalue weighted by molar-refractivity contribution is -0.117. The lowest BCUT2D eigenvalue weighted by Crippen LogP contribution is -2.41. The summed E-state index contributed by atoms with van der Waals surface area (Å²) in [5, 5.41) is 2.96. The van der Waals surface area contributed by atoms with E-state index in [0.29, 0.717) is 17.6 Å². The highest BCUT2D eigenvalue weighted by Crippen LogP contribution is 2.29. The molecule has 1 aliphatic rings. The Morgan fingerprint density at radius 3 is 2.65 bits per heavy atom. The van der Waals surface area contributed by atoms with Gasteiger partial charge in [-0.1, -0.05) is 19.9 Å². The molecule has 1 saturated heterocycles. The molecule has 0 aromatic heterocycles. The van der Waals surface area contributed by atoms with Crippen LogP contribution in [-0.4, -0.2) is 30.4 Å². The highest BCUT2D eigenvalue weighted by molar-refractivity contribution is 5.93. The average Bonchev–Trinajstić information content (AvgIpc) is 2.38. The van der Waals surface area contributed by atoms with Crippen LogP contribution in [0.15, 0.2) is 18.2 Å². The van der Waals surface area contributed by atoms with Crippen LogP contribution in [0.25, 0.3) is 0 Å². The Bertz CT molecular complexity index is 486. The molecule has 1 aromatic rings. The molecular formula is C16H25N3O. The van der Waals surface area contributed by atoms with Crippen LogP contribution in [0.2, 0.25) is 0 Å². The number of carbonyl (C=O) groups excluding carboxylic acids is 1. The minimum atomic E-state index is 0.0402. The summed E-state index contributed by atoms with van der Waals surface area (Å²) in [6.07, 6.45) is 2.30. The van der Waals surface area contributed by atoms with Crippen LogP contribution < -0.4 is 11.1 Å². The highest BCUT2D eigenvalue weighted by atomic mass is 16.2. The zero-order chi connectivity index (χ0) is 14.8. The molecule has 0 bridgehead atoms. The minimum absolute atomic E-state index is 0.0402. The summed E-state index contributed by atoms with van der Waals surface area (Å²) in [5.74, 6) is 0.0402. The number of benzene rings is 1. The SMILES string of the molecule is Cc1c(N)cccc1NC(=O)CN1CCC(C)(C)CC1. The number of hydrogen-bond acceptors (Lipinski definition) is 3. The Morgan fingerprint density at radius 2 is 2.00 bits per heavy atom. The van der Waals surface area contributed by atoms with Gasteiger partial charge in [-0.3, -0.25) is 9.69 Å². The number of amides is 1. The monoisotopic (exact) mass is 275 g/mol. The smallest absolute Gasteiger partial charge is 0.238 e. The van der Waals surface area contributed by atoms with Crippen molar-refractivity contribution in [3.05, 3.63) is 23.8 Å². The molecule has 4 nitrogen and oxygen atoms in total. The van der Waals surface area contributed by atoms with Crippen LogP contribution in [-0.2, 0) is 4.79 Å². The number of nitrogen functional groups attached to an aromatic ring is 1. The molecule has 4 heteroatoms. The molecule has 1 amide bonds. The van der Waals surface area contributed by atoms with Gasteiger partial charge in [0, 0.05) is 11.4 Å². The fourth-order valence-electron chi connectivity index (χ4n) is 2.50. The first-order valence-corrected chi connectivity index (χ1v) is 7.25. The van der Waals surface area contributed by atoms with Gasteiger partial charge in [-0.05, 0) is 56.0 Å². The Morgan fingerprint density at radius 1 is 1.35 bits per heavy atom. The first-order chi connectivity index (χ1) is 9.37. The molecule has 1 fully saturated rings. The standard InChI is InChI=1S/C16H25N3O/c1-12-13(17)5-4-6-14(12)18-15(20)11-19-9-7-16(2,3)8-10-19/h4-6H,7-11,17H2,1-3H3,(H,18,20). The number of piperidine rings is 1. The first-order valence-electron chi connectivity index (χ1n) is 7.25. The third-order valence-electron chi connectivity index (χ3n) is 4.23. The van der Waals surface area contributed by atoms with Crippen LogP contribution in [0.4, 0.5) is 11.4 Å². The molecule has 1 aromatic carbocycles. The number of rotatable bonds is 3. The van der Waals surface area contributed by atoms with E-state index in [1.807, 2.05) is 25.1 Å². The number of nitrogens with two attached hydrogens (primary N) is 1. The van der Waals surface area contributed by atoms with Gasteiger partial charge < -0.3 is 11.1 Å². The zero-order valence-corrected chi connectivity index (χ0v) is 12.7. The van der Waals surface area contributed by atoms with Gasteiger partial charge >= 0.3 is 0 Å². The van der Waals surface area contributed by atoms with E-state index >= 15 is 0 Å². The van der Waals surface area contributed by atoms with Gasteiger partial charge in [0.1, 0.15) is 0 Å². The average molecular weight is 275 g/mol. The number of nitrogens with one attached hydrogen (secondary N) is 1. The number of likely N-dealkylation sites (tertiary alicyclic amines) is 1. The van der Waals surface area contributed by atoms with Gasteiger partial charge in [-0.25, -0.2) is 0 Å². The van der Waals surface area contributed by atoms with Crippen molar-refractivity contribution in [1.82, 2.24) is 4.90 Å². The van der Waals surface area contributed by atoms with E-state index in [2.05, 4.69) is 24.1 Å². The van der Waals surface area contributed by atoms with E-state index in [1.54, 1.807) is 0 Å². The van der Waals surface area contributed by atoms with Crippen LogP contribution in [0.1, 0.15) is 32.3 Å². The molecule has 110 valence electrons. The lowest BCUT2D eigenvalue weighted by atomic mass is 9.83. The Hall–Kier alpha value is -1.55. The van der Waals surface area contributed by atoms with Crippen molar-refractivity contribution in [3.8, 4) is 0 Å². The molecule has 20 heavy (non-hydrogen) atoms. The molecule has 0 atom stereocenters. The lowest BCUT2D eigenvalue weighted by Gasteiger charge is -2.36. The van der Waals surface area contributed by atoms with E-state index < -0.39 is 0 Å². The molecular weight excluding hydrogens is 250 g/mol. The second-order valence-corrected chi connectivity index (χ2v) is 6.51. The van der Waals surface area contributed by atoms with Crippen molar-refractivity contribution in [2.75, 3.05) is 30.7 Å². The Balaban J connectivity index is 1.89. The maximum atomic E-state index is 12.1. The molecule has 1 aliphatic heterocycles. The summed E-state index contributed by atoms with van der Waals surface area (Å²) < 4.78 is 0. The maximum Gasteiger partial charge on any atom is 0.238 e. The maximum absolute atomic E-state index is 12.1. The fraction of sp³-hybridized carbons (Fsp3) is 0.562. The normalized spacial score (nSPS) is 18.8. The van der Waals surface area contributed by atoms with Crippen molar-refractivity contribution in [3.63, 3.8) is 0 Å². The van der Waals surface area contributed by atoms with E-state index in [1.165, 1.54) is 0 Å². The Labute approximate surface area is 121 Å². The molecule has 1 heterocycles. The largest absolute Gasteiger partial charge is 0.398 e. The van der Waals surface area contributed by atoms with Crippen LogP contribution >= 0.6 is 0 Å². The second-order valence-electron chi connectivity index (χ2n) is 6.51. The van der Waals surface area contributed by atoms with Crippen LogP contribution in [0, 0.1) is 12.3 Å². The molecule has 3 N–H and O–H groups in total. The highest BCUT2D eigenvalue weighted by Gasteiger charge is 2.26. The van der Waals surface area contributed by atoms with Crippen LogP contribution in [0.3, 0.4) is 0 Å². The molecule has 0 unspecified atom stereocenters.